The van der Waals surface area contributed by atoms with Crippen molar-refractivity contribution in [1.82, 2.24) is 10.9 Å². The standard InChI is InChI=1S/C17H16Cl2N2O5/c1-24-13-7-5-10(14(25-2)15(13)26-3)16(22)20-21-17(23)11-8-9(18)4-6-12(11)19/h4-8H,1-3H3,(H,20,22)(H,21,23). The molecule has 0 bridgehead atoms. The smallest absolute Gasteiger partial charge is 0.273 e. The summed E-state index contributed by atoms with van der Waals surface area (Å²) in [5.74, 6) is -0.415. The Hall–Kier alpha value is -2.64. The SMILES string of the molecule is COc1ccc(C(=O)NNC(=O)c2cc(Cl)ccc2Cl)c(OC)c1OC. The van der Waals surface area contributed by atoms with Gasteiger partial charge in [0.2, 0.25) is 5.75 Å². The Kier molecular flexibility index (Phi) is 6.54. The Labute approximate surface area is 160 Å². The minimum atomic E-state index is -0.620. The zero-order valence-electron chi connectivity index (χ0n) is 14.2. The van der Waals surface area contributed by atoms with Crippen molar-refractivity contribution in [2.75, 3.05) is 21.3 Å². The number of benzene rings is 2. The van der Waals surface area contributed by atoms with E-state index in [1.165, 1.54) is 39.5 Å². The van der Waals surface area contributed by atoms with E-state index in [-0.39, 0.29) is 27.6 Å². The first kappa shape index (κ1) is 19.7. The first-order valence-electron chi connectivity index (χ1n) is 7.27. The Morgan fingerprint density at radius 3 is 2.00 bits per heavy atom. The van der Waals surface area contributed by atoms with Gasteiger partial charge in [-0.1, -0.05) is 23.2 Å². The third-order valence-corrected chi connectivity index (χ3v) is 3.98. The molecule has 2 N–H and O–H groups in total. The quantitative estimate of drug-likeness (QED) is 0.755. The number of nitrogens with one attached hydrogen (secondary N) is 2. The lowest BCUT2D eigenvalue weighted by Gasteiger charge is -2.15. The number of rotatable bonds is 5. The summed E-state index contributed by atoms with van der Waals surface area (Å²) in [7, 11) is 4.27. The monoisotopic (exact) mass is 398 g/mol. The molecule has 0 aliphatic carbocycles. The molecule has 0 fully saturated rings. The van der Waals surface area contributed by atoms with Crippen LogP contribution in [0.3, 0.4) is 0 Å². The van der Waals surface area contributed by atoms with Gasteiger partial charge in [-0.05, 0) is 30.3 Å². The van der Waals surface area contributed by atoms with Crippen LogP contribution in [0.5, 0.6) is 17.2 Å². The Bertz CT molecular complexity index is 842. The van der Waals surface area contributed by atoms with Crippen molar-refractivity contribution in [3.05, 3.63) is 51.5 Å². The number of amides is 2. The maximum atomic E-state index is 12.4. The molecule has 0 aliphatic rings. The van der Waals surface area contributed by atoms with Gasteiger partial charge in [0.25, 0.3) is 11.8 Å². The molecule has 138 valence electrons. The van der Waals surface area contributed by atoms with Crippen LogP contribution in [0, 0.1) is 0 Å². The molecule has 2 amide bonds. The average Bonchev–Trinajstić information content (AvgIpc) is 2.66. The second kappa shape index (κ2) is 8.64. The van der Waals surface area contributed by atoms with Gasteiger partial charge in [-0.2, -0.15) is 0 Å². The van der Waals surface area contributed by atoms with Crippen molar-refractivity contribution < 1.29 is 23.8 Å². The third kappa shape index (κ3) is 4.12. The zero-order valence-corrected chi connectivity index (χ0v) is 15.7. The summed E-state index contributed by atoms with van der Waals surface area (Å²) >= 11 is 11.8. The molecule has 0 saturated carbocycles. The number of hydrogen-bond acceptors (Lipinski definition) is 5. The van der Waals surface area contributed by atoms with E-state index in [1.54, 1.807) is 12.1 Å². The molecule has 0 heterocycles. The van der Waals surface area contributed by atoms with Crippen molar-refractivity contribution in [2.45, 2.75) is 0 Å². The van der Waals surface area contributed by atoms with Crippen molar-refractivity contribution in [1.29, 1.82) is 0 Å². The molecule has 2 rings (SSSR count). The predicted molar refractivity (Wildman–Crippen MR) is 97.5 cm³/mol. The van der Waals surface area contributed by atoms with Crippen LogP contribution in [-0.4, -0.2) is 33.1 Å². The summed E-state index contributed by atoms with van der Waals surface area (Å²) in [6.45, 7) is 0. The molecular formula is C17H16Cl2N2O5. The maximum absolute atomic E-state index is 12.4. The maximum Gasteiger partial charge on any atom is 0.273 e. The summed E-state index contributed by atoms with van der Waals surface area (Å²) in [5, 5.41) is 0.539. The van der Waals surface area contributed by atoms with Crippen LogP contribution in [0.2, 0.25) is 10.0 Å². The van der Waals surface area contributed by atoms with Crippen LogP contribution in [0.1, 0.15) is 20.7 Å². The number of carbonyl (C=O) groups is 2. The fourth-order valence-corrected chi connectivity index (χ4v) is 2.58. The first-order valence-corrected chi connectivity index (χ1v) is 8.03. The van der Waals surface area contributed by atoms with E-state index in [0.29, 0.717) is 10.8 Å². The molecule has 0 unspecified atom stereocenters. The highest BCUT2D eigenvalue weighted by Crippen LogP contribution is 2.39. The Morgan fingerprint density at radius 1 is 0.808 bits per heavy atom. The molecule has 9 heteroatoms. The van der Waals surface area contributed by atoms with Crippen molar-refractivity contribution >= 4 is 35.0 Å². The zero-order chi connectivity index (χ0) is 19.3. The largest absolute Gasteiger partial charge is 0.493 e. The normalized spacial score (nSPS) is 10.0. The Balaban J connectivity index is 2.20. The second-order valence-electron chi connectivity index (χ2n) is 4.91. The van der Waals surface area contributed by atoms with E-state index in [2.05, 4.69) is 10.9 Å². The number of ether oxygens (including phenoxy) is 3. The van der Waals surface area contributed by atoms with Gasteiger partial charge in [0.05, 0.1) is 37.5 Å². The minimum absolute atomic E-state index is 0.124. The van der Waals surface area contributed by atoms with Gasteiger partial charge in [-0.15, -0.1) is 0 Å². The fourth-order valence-electron chi connectivity index (χ4n) is 2.20. The molecule has 0 saturated heterocycles. The number of carbonyl (C=O) groups excluding carboxylic acids is 2. The summed E-state index contributed by atoms with van der Waals surface area (Å²) in [5.41, 5.74) is 4.83. The lowest BCUT2D eigenvalue weighted by molar-refractivity contribution is 0.0844. The molecular weight excluding hydrogens is 383 g/mol. The van der Waals surface area contributed by atoms with Gasteiger partial charge in [0, 0.05) is 5.02 Å². The molecule has 0 aromatic heterocycles. The van der Waals surface area contributed by atoms with E-state index in [4.69, 9.17) is 37.4 Å². The number of hydrogen-bond donors (Lipinski definition) is 2. The van der Waals surface area contributed by atoms with E-state index in [9.17, 15) is 9.59 Å². The van der Waals surface area contributed by atoms with Gasteiger partial charge in [0.1, 0.15) is 0 Å². The fraction of sp³-hybridized carbons (Fsp3) is 0.176. The minimum Gasteiger partial charge on any atom is -0.493 e. The van der Waals surface area contributed by atoms with Crippen LogP contribution in [0.25, 0.3) is 0 Å². The van der Waals surface area contributed by atoms with E-state index >= 15 is 0 Å². The summed E-state index contributed by atoms with van der Waals surface area (Å²) in [6, 6.07) is 7.45. The van der Waals surface area contributed by atoms with Gasteiger partial charge in [-0.25, -0.2) is 0 Å². The molecule has 26 heavy (non-hydrogen) atoms. The number of halogens is 2. The molecule has 0 radical (unpaired) electrons. The van der Waals surface area contributed by atoms with Crippen molar-refractivity contribution in [3.63, 3.8) is 0 Å². The highest BCUT2D eigenvalue weighted by atomic mass is 35.5. The van der Waals surface area contributed by atoms with E-state index < -0.39 is 11.8 Å². The molecule has 7 nitrogen and oxygen atoms in total. The summed E-state index contributed by atoms with van der Waals surface area (Å²) in [4.78, 5) is 24.6. The van der Waals surface area contributed by atoms with Gasteiger partial charge >= 0.3 is 0 Å². The third-order valence-electron chi connectivity index (χ3n) is 3.41. The summed E-state index contributed by atoms with van der Waals surface area (Å²) < 4.78 is 15.6. The highest BCUT2D eigenvalue weighted by Gasteiger charge is 2.21. The topological polar surface area (TPSA) is 85.9 Å². The summed E-state index contributed by atoms with van der Waals surface area (Å²) in [6.07, 6.45) is 0. The first-order chi connectivity index (χ1) is 12.4. The van der Waals surface area contributed by atoms with Crippen molar-refractivity contribution in [3.8, 4) is 17.2 Å². The Morgan fingerprint density at radius 2 is 1.42 bits per heavy atom. The van der Waals surface area contributed by atoms with Crippen LogP contribution >= 0.6 is 23.2 Å². The lowest BCUT2D eigenvalue weighted by atomic mass is 10.1. The van der Waals surface area contributed by atoms with E-state index in [0.717, 1.165) is 0 Å². The molecule has 2 aromatic rings. The van der Waals surface area contributed by atoms with Crippen LogP contribution < -0.4 is 25.1 Å². The van der Waals surface area contributed by atoms with Crippen LogP contribution in [-0.2, 0) is 0 Å². The van der Waals surface area contributed by atoms with Crippen molar-refractivity contribution in [2.24, 2.45) is 0 Å². The lowest BCUT2D eigenvalue weighted by Crippen LogP contribution is -2.41. The number of hydrazine groups is 1. The van der Waals surface area contributed by atoms with Gasteiger partial charge in [0.15, 0.2) is 11.5 Å². The molecule has 0 atom stereocenters. The van der Waals surface area contributed by atoms with Crippen LogP contribution in [0.15, 0.2) is 30.3 Å². The average molecular weight is 399 g/mol. The molecule has 2 aromatic carbocycles. The van der Waals surface area contributed by atoms with Crippen LogP contribution in [0.4, 0.5) is 0 Å². The molecule has 0 aliphatic heterocycles. The molecule has 0 spiro atoms. The van der Waals surface area contributed by atoms with Gasteiger partial charge < -0.3 is 14.2 Å². The van der Waals surface area contributed by atoms with E-state index in [1.807, 2.05) is 0 Å². The second-order valence-corrected chi connectivity index (χ2v) is 5.76. The van der Waals surface area contributed by atoms with Gasteiger partial charge in [-0.3, -0.25) is 20.4 Å². The highest BCUT2D eigenvalue weighted by molar-refractivity contribution is 6.35. The number of methoxy groups -OCH3 is 3. The predicted octanol–water partition coefficient (Wildman–Crippen LogP) is 3.09.